The third-order valence-corrected chi connectivity index (χ3v) is 2.60. The highest BCUT2D eigenvalue weighted by Gasteiger charge is 2.24. The molecule has 0 aliphatic carbocycles. The van der Waals surface area contributed by atoms with Gasteiger partial charge in [0.25, 0.3) is 0 Å². The number of methoxy groups -OCH3 is 1. The summed E-state index contributed by atoms with van der Waals surface area (Å²) >= 11 is 0. The second-order valence-corrected chi connectivity index (χ2v) is 4.14. The van der Waals surface area contributed by atoms with Crippen LogP contribution in [0, 0.1) is 17.6 Å². The van der Waals surface area contributed by atoms with Gasteiger partial charge >= 0.3 is 0 Å². The quantitative estimate of drug-likeness (QED) is 0.861. The molecule has 2 N–H and O–H groups in total. The predicted molar refractivity (Wildman–Crippen MR) is 58.9 cm³/mol. The molecule has 0 fully saturated rings. The Hall–Kier alpha value is -1.00. The van der Waals surface area contributed by atoms with Crippen LogP contribution in [0.15, 0.2) is 18.2 Å². The van der Waals surface area contributed by atoms with E-state index in [1.807, 2.05) is 13.8 Å². The summed E-state index contributed by atoms with van der Waals surface area (Å²) in [5.74, 6) is -1.08. The largest absolute Gasteiger partial charge is 0.379 e. The van der Waals surface area contributed by atoms with E-state index in [4.69, 9.17) is 10.5 Å². The van der Waals surface area contributed by atoms with Crippen LogP contribution in [0.1, 0.15) is 25.5 Å². The van der Waals surface area contributed by atoms with Gasteiger partial charge in [-0.25, -0.2) is 8.78 Å². The van der Waals surface area contributed by atoms with E-state index in [-0.39, 0.29) is 17.6 Å². The molecule has 0 aliphatic rings. The molecule has 1 aromatic rings. The van der Waals surface area contributed by atoms with E-state index >= 15 is 0 Å². The molecule has 0 aliphatic heterocycles. The highest BCUT2D eigenvalue weighted by Crippen LogP contribution is 2.24. The van der Waals surface area contributed by atoms with Crippen LogP contribution in [0.2, 0.25) is 0 Å². The van der Waals surface area contributed by atoms with Gasteiger partial charge in [0, 0.05) is 18.7 Å². The molecule has 0 saturated carbocycles. The lowest BCUT2D eigenvalue weighted by atomic mass is 9.94. The molecular formula is C12H17F2NO. The SMILES string of the molecule is COC(C(C)C)C(N)c1ccc(F)cc1F. The third kappa shape index (κ3) is 2.77. The molecule has 2 atom stereocenters. The lowest BCUT2D eigenvalue weighted by Crippen LogP contribution is -2.33. The molecule has 0 spiro atoms. The molecule has 0 heterocycles. The van der Waals surface area contributed by atoms with Gasteiger partial charge in [-0.1, -0.05) is 19.9 Å². The second kappa shape index (κ2) is 5.37. The fourth-order valence-corrected chi connectivity index (χ4v) is 1.78. The Kier molecular flexibility index (Phi) is 4.38. The maximum Gasteiger partial charge on any atom is 0.130 e. The van der Waals surface area contributed by atoms with E-state index in [2.05, 4.69) is 0 Å². The minimum absolute atomic E-state index is 0.157. The van der Waals surface area contributed by atoms with E-state index in [1.165, 1.54) is 19.2 Å². The van der Waals surface area contributed by atoms with Gasteiger partial charge in [0.2, 0.25) is 0 Å². The highest BCUT2D eigenvalue weighted by atomic mass is 19.1. The topological polar surface area (TPSA) is 35.2 Å². The first-order valence-electron chi connectivity index (χ1n) is 5.20. The van der Waals surface area contributed by atoms with Crippen molar-refractivity contribution in [1.29, 1.82) is 0 Å². The molecule has 4 heteroatoms. The second-order valence-electron chi connectivity index (χ2n) is 4.14. The van der Waals surface area contributed by atoms with Crippen LogP contribution in [0.4, 0.5) is 8.78 Å². The Morgan fingerprint density at radius 3 is 2.31 bits per heavy atom. The van der Waals surface area contributed by atoms with Gasteiger partial charge in [0.1, 0.15) is 11.6 Å². The first-order valence-corrected chi connectivity index (χ1v) is 5.20. The van der Waals surface area contributed by atoms with E-state index < -0.39 is 17.7 Å². The van der Waals surface area contributed by atoms with Crippen molar-refractivity contribution in [2.45, 2.75) is 26.0 Å². The molecule has 0 bridgehead atoms. The zero-order valence-electron chi connectivity index (χ0n) is 9.71. The minimum Gasteiger partial charge on any atom is -0.379 e. The smallest absolute Gasteiger partial charge is 0.130 e. The summed E-state index contributed by atoms with van der Waals surface area (Å²) in [5, 5.41) is 0. The Bertz CT molecular complexity index is 355. The van der Waals surface area contributed by atoms with Crippen LogP contribution >= 0.6 is 0 Å². The number of nitrogens with two attached hydrogens (primary N) is 1. The van der Waals surface area contributed by atoms with Gasteiger partial charge in [-0.2, -0.15) is 0 Å². The van der Waals surface area contributed by atoms with Crippen LogP contribution in [-0.4, -0.2) is 13.2 Å². The molecule has 0 amide bonds. The van der Waals surface area contributed by atoms with Crippen molar-refractivity contribution in [3.8, 4) is 0 Å². The normalized spacial score (nSPS) is 15.2. The molecule has 2 unspecified atom stereocenters. The van der Waals surface area contributed by atoms with Gasteiger partial charge in [0.15, 0.2) is 0 Å². The van der Waals surface area contributed by atoms with Gasteiger partial charge in [-0.05, 0) is 12.0 Å². The van der Waals surface area contributed by atoms with E-state index in [1.54, 1.807) is 0 Å². The summed E-state index contributed by atoms with van der Waals surface area (Å²) in [7, 11) is 1.53. The van der Waals surface area contributed by atoms with Crippen LogP contribution in [-0.2, 0) is 4.74 Å². The van der Waals surface area contributed by atoms with Gasteiger partial charge in [-0.15, -0.1) is 0 Å². The molecule has 0 radical (unpaired) electrons. The minimum atomic E-state index is -0.629. The van der Waals surface area contributed by atoms with Crippen molar-refractivity contribution in [2.75, 3.05) is 7.11 Å². The van der Waals surface area contributed by atoms with Gasteiger partial charge < -0.3 is 10.5 Å². The fraction of sp³-hybridized carbons (Fsp3) is 0.500. The van der Waals surface area contributed by atoms with Gasteiger partial charge in [-0.3, -0.25) is 0 Å². The van der Waals surface area contributed by atoms with E-state index in [9.17, 15) is 8.78 Å². The maximum absolute atomic E-state index is 13.5. The Balaban J connectivity index is 2.99. The molecule has 1 rings (SSSR count). The van der Waals surface area contributed by atoms with Crippen molar-refractivity contribution >= 4 is 0 Å². The van der Waals surface area contributed by atoms with Crippen molar-refractivity contribution < 1.29 is 13.5 Å². The van der Waals surface area contributed by atoms with Crippen LogP contribution in [0.25, 0.3) is 0 Å². The van der Waals surface area contributed by atoms with Crippen LogP contribution in [0.3, 0.4) is 0 Å². The number of ether oxygens (including phenoxy) is 1. The predicted octanol–water partition coefficient (Wildman–Crippen LogP) is 2.64. The average Bonchev–Trinajstić information content (AvgIpc) is 2.17. The highest BCUT2D eigenvalue weighted by molar-refractivity contribution is 5.23. The van der Waals surface area contributed by atoms with Crippen molar-refractivity contribution in [2.24, 2.45) is 11.7 Å². The summed E-state index contributed by atoms with van der Waals surface area (Å²) in [6.45, 7) is 3.88. The standard InChI is InChI=1S/C12H17F2NO/c1-7(2)12(16-3)11(15)9-5-4-8(13)6-10(9)14/h4-7,11-12H,15H2,1-3H3. The molecule has 0 saturated heterocycles. The van der Waals surface area contributed by atoms with Crippen molar-refractivity contribution in [3.63, 3.8) is 0 Å². The monoisotopic (exact) mass is 229 g/mol. The molecular weight excluding hydrogens is 212 g/mol. The van der Waals surface area contributed by atoms with Crippen LogP contribution in [0.5, 0.6) is 0 Å². The molecule has 1 aromatic carbocycles. The van der Waals surface area contributed by atoms with Crippen LogP contribution < -0.4 is 5.73 Å². The van der Waals surface area contributed by atoms with Gasteiger partial charge in [0.05, 0.1) is 12.1 Å². The number of benzene rings is 1. The fourth-order valence-electron chi connectivity index (χ4n) is 1.78. The Morgan fingerprint density at radius 1 is 1.25 bits per heavy atom. The zero-order valence-corrected chi connectivity index (χ0v) is 9.71. The molecule has 0 aromatic heterocycles. The Labute approximate surface area is 94.4 Å². The molecule has 2 nitrogen and oxygen atoms in total. The average molecular weight is 229 g/mol. The Morgan fingerprint density at radius 2 is 1.88 bits per heavy atom. The first-order chi connectivity index (χ1) is 7.47. The summed E-state index contributed by atoms with van der Waals surface area (Å²) in [5.41, 5.74) is 6.19. The summed E-state index contributed by atoms with van der Waals surface area (Å²) in [4.78, 5) is 0. The summed E-state index contributed by atoms with van der Waals surface area (Å²) in [6, 6.07) is 2.81. The third-order valence-electron chi connectivity index (χ3n) is 2.60. The number of halogens is 2. The summed E-state index contributed by atoms with van der Waals surface area (Å²) in [6.07, 6.45) is -0.292. The first kappa shape index (κ1) is 13.1. The molecule has 16 heavy (non-hydrogen) atoms. The molecule has 90 valence electrons. The van der Waals surface area contributed by atoms with Crippen molar-refractivity contribution in [1.82, 2.24) is 0 Å². The number of hydrogen-bond acceptors (Lipinski definition) is 2. The lowest BCUT2D eigenvalue weighted by Gasteiger charge is -2.26. The zero-order chi connectivity index (χ0) is 12.3. The van der Waals surface area contributed by atoms with E-state index in [0.717, 1.165) is 6.07 Å². The summed E-state index contributed by atoms with van der Waals surface area (Å²) < 4.78 is 31.5. The van der Waals surface area contributed by atoms with Crippen molar-refractivity contribution in [3.05, 3.63) is 35.4 Å². The maximum atomic E-state index is 13.5. The number of hydrogen-bond donors (Lipinski definition) is 1. The lowest BCUT2D eigenvalue weighted by molar-refractivity contribution is 0.0428. The number of rotatable bonds is 4. The van der Waals surface area contributed by atoms with E-state index in [0.29, 0.717) is 0 Å².